The highest BCUT2D eigenvalue weighted by molar-refractivity contribution is 6.32. The van der Waals surface area contributed by atoms with Gasteiger partial charge in [0.05, 0.1) is 5.02 Å². The number of phenolic OH excluding ortho intramolecular Hbond substituents is 1. The highest BCUT2D eigenvalue weighted by Crippen LogP contribution is 2.44. The van der Waals surface area contributed by atoms with E-state index in [1.807, 2.05) is 17.0 Å². The number of carbonyl (C=O) groups is 1. The Morgan fingerprint density at radius 2 is 1.69 bits per heavy atom. The van der Waals surface area contributed by atoms with E-state index >= 15 is 0 Å². The second-order valence-corrected chi connectivity index (χ2v) is 7.51. The zero-order chi connectivity index (χ0) is 18.4. The number of nitrogens with zero attached hydrogens (tertiary/aromatic N) is 1. The van der Waals surface area contributed by atoms with Crippen LogP contribution in [0.3, 0.4) is 0 Å². The van der Waals surface area contributed by atoms with Crippen molar-refractivity contribution in [1.82, 2.24) is 4.90 Å². The highest BCUT2D eigenvalue weighted by Gasteiger charge is 2.43. The molecule has 1 amide bonds. The zero-order valence-electron chi connectivity index (χ0n) is 14.0. The Morgan fingerprint density at radius 3 is 2.27 bits per heavy atom. The summed E-state index contributed by atoms with van der Waals surface area (Å²) in [6, 6.07) is 9.06. The van der Waals surface area contributed by atoms with Crippen molar-refractivity contribution >= 4 is 17.5 Å². The first-order valence-corrected chi connectivity index (χ1v) is 9.08. The molecule has 136 valence electrons. The minimum absolute atomic E-state index is 0.0759. The van der Waals surface area contributed by atoms with E-state index in [0.29, 0.717) is 0 Å². The van der Waals surface area contributed by atoms with E-state index in [-0.39, 0.29) is 40.3 Å². The van der Waals surface area contributed by atoms with Crippen LogP contribution >= 0.6 is 11.6 Å². The van der Waals surface area contributed by atoms with Crippen molar-refractivity contribution in [3.05, 3.63) is 64.2 Å². The Bertz CT molecular complexity index is 818. The molecule has 2 aromatic carbocycles. The van der Waals surface area contributed by atoms with Gasteiger partial charge in [0.15, 0.2) is 11.6 Å². The quantitative estimate of drug-likeness (QED) is 0.810. The van der Waals surface area contributed by atoms with E-state index in [0.717, 1.165) is 37.3 Å². The summed E-state index contributed by atoms with van der Waals surface area (Å²) in [5.74, 6) is -1.75. The molecule has 4 rings (SSSR count). The molecule has 2 aliphatic heterocycles. The first-order chi connectivity index (χ1) is 12.4. The summed E-state index contributed by atoms with van der Waals surface area (Å²) in [7, 11) is 0. The van der Waals surface area contributed by atoms with Crippen LogP contribution in [0, 0.1) is 11.6 Å². The van der Waals surface area contributed by atoms with Gasteiger partial charge >= 0.3 is 0 Å². The van der Waals surface area contributed by atoms with E-state index in [2.05, 4.69) is 0 Å². The summed E-state index contributed by atoms with van der Waals surface area (Å²) in [6.45, 7) is 0. The number of phenols is 1. The predicted molar refractivity (Wildman–Crippen MR) is 94.4 cm³/mol. The predicted octanol–water partition coefficient (Wildman–Crippen LogP) is 4.87. The smallest absolute Gasteiger partial charge is 0.254 e. The van der Waals surface area contributed by atoms with E-state index in [9.17, 15) is 18.7 Å². The van der Waals surface area contributed by atoms with Gasteiger partial charge in [0.1, 0.15) is 5.82 Å². The minimum atomic E-state index is -0.894. The standard InChI is InChI=1S/C20H18ClF2NO2/c21-17-9-13(10-18(23)19(17)25)20(26)24-15-5-6-16(24)8-12(7-15)11-1-3-14(22)4-2-11/h1-4,9-10,12,15-16,25H,5-8H2. The molecule has 2 saturated heterocycles. The van der Waals surface area contributed by atoms with Gasteiger partial charge in [-0.05, 0) is 61.4 Å². The molecule has 0 saturated carbocycles. The molecule has 3 nitrogen and oxygen atoms in total. The van der Waals surface area contributed by atoms with Crippen molar-refractivity contribution in [2.45, 2.75) is 43.7 Å². The molecule has 2 bridgehead atoms. The number of hydrogen-bond acceptors (Lipinski definition) is 2. The molecular formula is C20H18ClF2NO2. The van der Waals surface area contributed by atoms with Gasteiger partial charge in [-0.2, -0.15) is 0 Å². The summed E-state index contributed by atoms with van der Waals surface area (Å²) in [4.78, 5) is 14.8. The van der Waals surface area contributed by atoms with Crippen molar-refractivity contribution in [2.75, 3.05) is 0 Å². The molecule has 6 heteroatoms. The van der Waals surface area contributed by atoms with Gasteiger partial charge in [-0.1, -0.05) is 23.7 Å². The summed E-state index contributed by atoms with van der Waals surface area (Å²) in [5, 5.41) is 9.30. The third kappa shape index (κ3) is 2.94. The molecule has 0 aliphatic carbocycles. The van der Waals surface area contributed by atoms with E-state index in [1.165, 1.54) is 18.2 Å². The first-order valence-electron chi connectivity index (χ1n) is 8.70. The van der Waals surface area contributed by atoms with Gasteiger partial charge in [-0.15, -0.1) is 0 Å². The number of hydrogen-bond donors (Lipinski definition) is 1. The van der Waals surface area contributed by atoms with Gasteiger partial charge < -0.3 is 10.0 Å². The fourth-order valence-electron chi connectivity index (χ4n) is 4.35. The van der Waals surface area contributed by atoms with Gasteiger partial charge in [-0.25, -0.2) is 8.78 Å². The third-order valence-electron chi connectivity index (χ3n) is 5.57. The fraction of sp³-hybridized carbons (Fsp3) is 0.350. The largest absolute Gasteiger partial charge is 0.504 e. The minimum Gasteiger partial charge on any atom is -0.504 e. The molecular weight excluding hydrogens is 360 g/mol. The van der Waals surface area contributed by atoms with Crippen LogP contribution in [-0.2, 0) is 0 Å². The van der Waals surface area contributed by atoms with Gasteiger partial charge in [-0.3, -0.25) is 4.79 Å². The normalized spacial score (nSPS) is 24.7. The second-order valence-electron chi connectivity index (χ2n) is 7.11. The number of benzene rings is 2. The van der Waals surface area contributed by atoms with Crippen molar-refractivity contribution in [3.63, 3.8) is 0 Å². The van der Waals surface area contributed by atoms with Crippen LogP contribution in [0.4, 0.5) is 8.78 Å². The lowest BCUT2D eigenvalue weighted by atomic mass is 9.85. The van der Waals surface area contributed by atoms with Crippen LogP contribution in [0.2, 0.25) is 5.02 Å². The number of halogens is 3. The van der Waals surface area contributed by atoms with Crippen LogP contribution in [0.25, 0.3) is 0 Å². The molecule has 26 heavy (non-hydrogen) atoms. The van der Waals surface area contributed by atoms with Crippen LogP contribution in [0.15, 0.2) is 36.4 Å². The summed E-state index contributed by atoms with van der Waals surface area (Å²) >= 11 is 5.82. The van der Waals surface area contributed by atoms with Crippen molar-refractivity contribution in [2.24, 2.45) is 0 Å². The third-order valence-corrected chi connectivity index (χ3v) is 5.86. The van der Waals surface area contributed by atoms with Gasteiger partial charge in [0.2, 0.25) is 0 Å². The maximum atomic E-state index is 13.8. The number of aromatic hydroxyl groups is 1. The maximum Gasteiger partial charge on any atom is 0.254 e. The van der Waals surface area contributed by atoms with Crippen molar-refractivity contribution in [3.8, 4) is 5.75 Å². The Balaban J connectivity index is 1.56. The molecule has 2 aromatic rings. The van der Waals surface area contributed by atoms with E-state index < -0.39 is 11.6 Å². The lowest BCUT2D eigenvalue weighted by Crippen LogP contribution is -2.46. The number of amides is 1. The number of piperidine rings is 1. The lowest BCUT2D eigenvalue weighted by Gasteiger charge is -2.39. The Labute approximate surface area is 155 Å². The molecule has 2 fully saturated rings. The van der Waals surface area contributed by atoms with Gasteiger partial charge in [0.25, 0.3) is 5.91 Å². The topological polar surface area (TPSA) is 40.5 Å². The first kappa shape index (κ1) is 17.3. The van der Waals surface area contributed by atoms with Crippen molar-refractivity contribution in [1.29, 1.82) is 0 Å². The maximum absolute atomic E-state index is 13.8. The Hall–Kier alpha value is -2.14. The number of carbonyl (C=O) groups excluding carboxylic acids is 1. The van der Waals surface area contributed by atoms with Crippen molar-refractivity contribution < 1.29 is 18.7 Å². The second kappa shape index (κ2) is 6.54. The lowest BCUT2D eigenvalue weighted by molar-refractivity contribution is 0.0571. The number of rotatable bonds is 2. The molecule has 2 atom stereocenters. The Morgan fingerprint density at radius 1 is 1.08 bits per heavy atom. The molecule has 0 spiro atoms. The molecule has 0 aromatic heterocycles. The van der Waals surface area contributed by atoms with Crippen LogP contribution in [-0.4, -0.2) is 28.0 Å². The molecule has 0 radical (unpaired) electrons. The van der Waals surface area contributed by atoms with E-state index in [4.69, 9.17) is 11.6 Å². The monoisotopic (exact) mass is 377 g/mol. The molecule has 2 heterocycles. The average molecular weight is 378 g/mol. The summed E-state index contributed by atoms with van der Waals surface area (Å²) in [6.07, 6.45) is 3.43. The summed E-state index contributed by atoms with van der Waals surface area (Å²) < 4.78 is 26.9. The van der Waals surface area contributed by atoms with E-state index in [1.54, 1.807) is 0 Å². The summed E-state index contributed by atoms with van der Waals surface area (Å²) in [5.41, 5.74) is 1.25. The SMILES string of the molecule is O=C(c1cc(F)c(O)c(Cl)c1)N1C2CCC1CC(c1ccc(F)cc1)C2. The molecule has 2 aliphatic rings. The molecule has 2 unspecified atom stereocenters. The fourth-order valence-corrected chi connectivity index (χ4v) is 4.56. The van der Waals surface area contributed by atoms with Gasteiger partial charge in [0, 0.05) is 17.6 Å². The highest BCUT2D eigenvalue weighted by atomic mass is 35.5. The zero-order valence-corrected chi connectivity index (χ0v) is 14.7. The Kier molecular flexibility index (Phi) is 4.35. The van der Waals surface area contributed by atoms with Crippen LogP contribution < -0.4 is 0 Å². The number of fused-ring (bicyclic) bond motifs is 2. The average Bonchev–Trinajstić information content (AvgIpc) is 2.88. The van der Waals surface area contributed by atoms with Crippen LogP contribution in [0.5, 0.6) is 5.75 Å². The molecule has 1 N–H and O–H groups in total. The van der Waals surface area contributed by atoms with Crippen LogP contribution in [0.1, 0.15) is 47.5 Å².